The van der Waals surface area contributed by atoms with Gasteiger partial charge < -0.3 is 9.15 Å². The first-order valence-corrected chi connectivity index (χ1v) is 8.52. The van der Waals surface area contributed by atoms with Crippen LogP contribution in [-0.4, -0.2) is 17.1 Å². The van der Waals surface area contributed by atoms with Gasteiger partial charge in [-0.2, -0.15) is 0 Å². The van der Waals surface area contributed by atoms with Gasteiger partial charge in [0.05, 0.1) is 7.11 Å². The summed E-state index contributed by atoms with van der Waals surface area (Å²) < 4.78 is 10.5. The summed E-state index contributed by atoms with van der Waals surface area (Å²) in [5, 5.41) is 1.61. The van der Waals surface area contributed by atoms with Crippen LogP contribution < -0.4 is 10.4 Å². The van der Waals surface area contributed by atoms with Crippen molar-refractivity contribution in [1.82, 2.24) is 9.97 Å². The highest BCUT2D eigenvalue weighted by molar-refractivity contribution is 7.98. The molecule has 1 aromatic carbocycles. The summed E-state index contributed by atoms with van der Waals surface area (Å²) in [6.45, 7) is 5.97. The molecule has 0 bridgehead atoms. The third-order valence-electron chi connectivity index (χ3n) is 4.01. The predicted octanol–water partition coefficient (Wildman–Crippen LogP) is 3.81. The van der Waals surface area contributed by atoms with Gasteiger partial charge in [-0.25, -0.2) is 14.8 Å². The quantitative estimate of drug-likeness (QED) is 0.408. The summed E-state index contributed by atoms with van der Waals surface area (Å²) in [6.07, 6.45) is 0. The van der Waals surface area contributed by atoms with Crippen LogP contribution in [0.4, 0.5) is 0 Å². The van der Waals surface area contributed by atoms with Crippen molar-refractivity contribution in [3.8, 4) is 5.75 Å². The Labute approximate surface area is 144 Å². The van der Waals surface area contributed by atoms with Crippen LogP contribution in [0.3, 0.4) is 0 Å². The number of ether oxygens (including phenoxy) is 1. The average molecular weight is 342 g/mol. The minimum atomic E-state index is -0.372. The lowest BCUT2D eigenvalue weighted by atomic mass is 10.1. The maximum absolute atomic E-state index is 11.8. The van der Waals surface area contributed by atoms with Crippen molar-refractivity contribution in [2.24, 2.45) is 0 Å². The molecule has 0 N–H and O–H groups in total. The lowest BCUT2D eigenvalue weighted by Crippen LogP contribution is -2.01. The number of nitrogens with zero attached hydrogens (tertiary/aromatic N) is 2. The fourth-order valence-corrected chi connectivity index (χ4v) is 3.33. The Kier molecular flexibility index (Phi) is 4.57. The SMILES string of the molecule is COc1ccc2c(CSc3nc(C)c(C)c(C)n3)cc(=O)oc2c1. The van der Waals surface area contributed by atoms with Crippen molar-refractivity contribution < 1.29 is 9.15 Å². The van der Waals surface area contributed by atoms with E-state index in [0.29, 0.717) is 22.2 Å². The van der Waals surface area contributed by atoms with E-state index < -0.39 is 0 Å². The van der Waals surface area contributed by atoms with E-state index in [4.69, 9.17) is 9.15 Å². The van der Waals surface area contributed by atoms with Gasteiger partial charge in [0, 0.05) is 34.7 Å². The molecule has 0 atom stereocenters. The summed E-state index contributed by atoms with van der Waals surface area (Å²) >= 11 is 1.51. The van der Waals surface area contributed by atoms with E-state index in [-0.39, 0.29) is 5.63 Å². The van der Waals surface area contributed by atoms with E-state index in [1.54, 1.807) is 13.2 Å². The molecular formula is C18H18N2O3S. The molecule has 0 aliphatic rings. The minimum Gasteiger partial charge on any atom is -0.497 e. The van der Waals surface area contributed by atoms with Crippen molar-refractivity contribution in [3.05, 3.63) is 57.2 Å². The van der Waals surface area contributed by atoms with Crippen molar-refractivity contribution in [3.63, 3.8) is 0 Å². The van der Waals surface area contributed by atoms with Crippen molar-refractivity contribution >= 4 is 22.7 Å². The number of thioether (sulfide) groups is 1. The maximum atomic E-state index is 11.8. The van der Waals surface area contributed by atoms with E-state index in [2.05, 4.69) is 9.97 Å². The second-order valence-corrected chi connectivity index (χ2v) is 6.49. The molecule has 2 aromatic heterocycles. The lowest BCUT2D eigenvalue weighted by molar-refractivity contribution is 0.414. The zero-order valence-corrected chi connectivity index (χ0v) is 14.9. The Morgan fingerprint density at radius 1 is 1.12 bits per heavy atom. The lowest BCUT2D eigenvalue weighted by Gasteiger charge is -2.08. The summed E-state index contributed by atoms with van der Waals surface area (Å²) in [7, 11) is 1.58. The molecule has 0 unspecified atom stereocenters. The van der Waals surface area contributed by atoms with E-state index in [1.165, 1.54) is 17.8 Å². The maximum Gasteiger partial charge on any atom is 0.336 e. The summed E-state index contributed by atoms with van der Waals surface area (Å²) in [5.41, 5.74) is 4.11. The molecule has 0 radical (unpaired) electrons. The van der Waals surface area contributed by atoms with Crippen LogP contribution in [0.5, 0.6) is 5.75 Å². The largest absolute Gasteiger partial charge is 0.497 e. The van der Waals surface area contributed by atoms with E-state index in [1.807, 2.05) is 32.9 Å². The van der Waals surface area contributed by atoms with Crippen LogP contribution in [0.1, 0.15) is 22.5 Å². The number of benzene rings is 1. The monoisotopic (exact) mass is 342 g/mol. The number of hydrogen-bond donors (Lipinski definition) is 0. The van der Waals surface area contributed by atoms with Gasteiger partial charge in [0.1, 0.15) is 11.3 Å². The number of methoxy groups -OCH3 is 1. The van der Waals surface area contributed by atoms with Gasteiger partial charge in [0.25, 0.3) is 0 Å². The van der Waals surface area contributed by atoms with Gasteiger partial charge in [-0.3, -0.25) is 0 Å². The highest BCUT2D eigenvalue weighted by Crippen LogP contribution is 2.27. The number of fused-ring (bicyclic) bond motifs is 1. The molecule has 5 nitrogen and oxygen atoms in total. The Balaban J connectivity index is 1.94. The predicted molar refractivity (Wildman–Crippen MR) is 94.8 cm³/mol. The van der Waals surface area contributed by atoms with Gasteiger partial charge in [0.2, 0.25) is 0 Å². The van der Waals surface area contributed by atoms with E-state index >= 15 is 0 Å². The molecule has 0 saturated carbocycles. The van der Waals surface area contributed by atoms with Gasteiger partial charge in [0.15, 0.2) is 5.16 Å². The molecule has 124 valence electrons. The smallest absolute Gasteiger partial charge is 0.336 e. The van der Waals surface area contributed by atoms with Crippen molar-refractivity contribution in [2.75, 3.05) is 7.11 Å². The average Bonchev–Trinajstić information content (AvgIpc) is 2.56. The summed E-state index contributed by atoms with van der Waals surface area (Å²) in [4.78, 5) is 20.8. The van der Waals surface area contributed by atoms with Crippen molar-refractivity contribution in [2.45, 2.75) is 31.7 Å². The molecule has 0 fully saturated rings. The Morgan fingerprint density at radius 3 is 2.50 bits per heavy atom. The second kappa shape index (κ2) is 6.65. The molecule has 3 aromatic rings. The van der Waals surface area contributed by atoms with Crippen LogP contribution in [0.25, 0.3) is 11.0 Å². The highest BCUT2D eigenvalue weighted by Gasteiger charge is 2.10. The number of hydrogen-bond acceptors (Lipinski definition) is 6. The Morgan fingerprint density at radius 2 is 1.83 bits per heavy atom. The van der Waals surface area contributed by atoms with Crippen LogP contribution in [0.2, 0.25) is 0 Å². The third-order valence-corrected chi connectivity index (χ3v) is 4.90. The number of aromatic nitrogens is 2. The first kappa shape index (κ1) is 16.5. The highest BCUT2D eigenvalue weighted by atomic mass is 32.2. The molecule has 0 amide bonds. The topological polar surface area (TPSA) is 65.2 Å². The van der Waals surface area contributed by atoms with Gasteiger partial charge in [-0.1, -0.05) is 11.8 Å². The molecule has 6 heteroatoms. The fourth-order valence-electron chi connectivity index (χ4n) is 2.40. The van der Waals surface area contributed by atoms with Crippen LogP contribution in [0, 0.1) is 20.8 Å². The Hall–Kier alpha value is -2.34. The van der Waals surface area contributed by atoms with Crippen LogP contribution in [-0.2, 0) is 5.75 Å². The molecule has 0 aliphatic heterocycles. The molecular weight excluding hydrogens is 324 g/mol. The molecule has 24 heavy (non-hydrogen) atoms. The first-order chi connectivity index (χ1) is 11.5. The van der Waals surface area contributed by atoms with E-state index in [0.717, 1.165) is 27.9 Å². The van der Waals surface area contributed by atoms with Gasteiger partial charge in [-0.15, -0.1) is 0 Å². The standard InChI is InChI=1S/C18H18N2O3S/c1-10-11(2)19-18(20-12(10)3)24-9-13-7-17(21)23-16-8-14(22-4)5-6-15(13)16/h5-8H,9H2,1-4H3. The number of aryl methyl sites for hydroxylation is 2. The zero-order valence-electron chi connectivity index (χ0n) is 14.0. The Bertz CT molecular complexity index is 943. The van der Waals surface area contributed by atoms with Crippen molar-refractivity contribution in [1.29, 1.82) is 0 Å². The van der Waals surface area contributed by atoms with E-state index in [9.17, 15) is 4.79 Å². The second-order valence-electron chi connectivity index (χ2n) is 5.54. The molecule has 0 spiro atoms. The third kappa shape index (κ3) is 3.28. The van der Waals surface area contributed by atoms with Crippen LogP contribution in [0.15, 0.2) is 38.6 Å². The summed E-state index contributed by atoms with van der Waals surface area (Å²) in [6, 6.07) is 7.00. The van der Waals surface area contributed by atoms with Gasteiger partial charge in [-0.05, 0) is 44.0 Å². The molecule has 3 rings (SSSR count). The minimum absolute atomic E-state index is 0.372. The van der Waals surface area contributed by atoms with Crippen LogP contribution >= 0.6 is 11.8 Å². The summed E-state index contributed by atoms with van der Waals surface area (Å²) in [5.74, 6) is 1.25. The zero-order chi connectivity index (χ0) is 17.3. The normalized spacial score (nSPS) is 11.0. The molecule has 0 saturated heterocycles. The fraction of sp³-hybridized carbons (Fsp3) is 0.278. The number of rotatable bonds is 4. The molecule has 0 aliphatic carbocycles. The van der Waals surface area contributed by atoms with Gasteiger partial charge >= 0.3 is 5.63 Å². The molecule has 2 heterocycles. The first-order valence-electron chi connectivity index (χ1n) is 7.53.